The lowest BCUT2D eigenvalue weighted by Gasteiger charge is -2.15. The molecule has 0 N–H and O–H groups in total. The first kappa shape index (κ1) is 8.55. The minimum Gasteiger partial charge on any atom is -0.467 e. The summed E-state index contributed by atoms with van der Waals surface area (Å²) in [4.78, 5) is 0. The summed E-state index contributed by atoms with van der Waals surface area (Å²) >= 11 is 0. The van der Waals surface area contributed by atoms with Gasteiger partial charge in [-0.05, 0) is 31.8 Å². The second-order valence-electron chi connectivity index (χ2n) is 3.48. The van der Waals surface area contributed by atoms with Crippen molar-refractivity contribution >= 4 is 8.32 Å². The van der Waals surface area contributed by atoms with Crippen molar-refractivity contribution in [3.63, 3.8) is 0 Å². The van der Waals surface area contributed by atoms with E-state index in [4.69, 9.17) is 8.84 Å². The van der Waals surface area contributed by atoms with Crippen molar-refractivity contribution in [1.82, 2.24) is 0 Å². The maximum Gasteiger partial charge on any atom is 0.184 e. The first-order valence-corrected chi connectivity index (χ1v) is 7.15. The van der Waals surface area contributed by atoms with Gasteiger partial charge in [0.2, 0.25) is 0 Å². The maximum atomic E-state index is 5.62. The topological polar surface area (TPSA) is 22.4 Å². The molecule has 0 saturated heterocycles. The Balaban J connectivity index is 2.35. The molecule has 0 spiro atoms. The lowest BCUT2D eigenvalue weighted by molar-refractivity contribution is 0.264. The first-order chi connectivity index (χ1) is 5.08. The molecule has 1 aromatic rings. The Labute approximate surface area is 68.3 Å². The molecule has 0 fully saturated rings. The van der Waals surface area contributed by atoms with E-state index in [9.17, 15) is 0 Å². The lowest BCUT2D eigenvalue weighted by Crippen LogP contribution is -2.24. The van der Waals surface area contributed by atoms with Crippen LogP contribution in [0.15, 0.2) is 22.8 Å². The third kappa shape index (κ3) is 3.39. The molecule has 0 aliphatic heterocycles. The molecule has 62 valence electrons. The van der Waals surface area contributed by atoms with Gasteiger partial charge < -0.3 is 8.84 Å². The van der Waals surface area contributed by atoms with Gasteiger partial charge in [0, 0.05) is 0 Å². The average Bonchev–Trinajstić information content (AvgIpc) is 2.32. The van der Waals surface area contributed by atoms with Gasteiger partial charge in [-0.1, -0.05) is 0 Å². The summed E-state index contributed by atoms with van der Waals surface area (Å²) in [5.41, 5.74) is 0. The van der Waals surface area contributed by atoms with Gasteiger partial charge in [-0.2, -0.15) is 0 Å². The van der Waals surface area contributed by atoms with E-state index >= 15 is 0 Å². The predicted octanol–water partition coefficient (Wildman–Crippen LogP) is 2.63. The van der Waals surface area contributed by atoms with Crippen molar-refractivity contribution in [2.24, 2.45) is 0 Å². The molecular formula is C8H14O2Si. The fourth-order valence-corrected chi connectivity index (χ4v) is 1.26. The van der Waals surface area contributed by atoms with Crippen LogP contribution in [-0.4, -0.2) is 8.32 Å². The Kier molecular flexibility index (Phi) is 2.52. The summed E-state index contributed by atoms with van der Waals surface area (Å²) in [5.74, 6) is 0.910. The zero-order valence-electron chi connectivity index (χ0n) is 7.26. The Morgan fingerprint density at radius 1 is 1.45 bits per heavy atom. The molecule has 0 atom stereocenters. The number of hydrogen-bond acceptors (Lipinski definition) is 2. The van der Waals surface area contributed by atoms with Crippen LogP contribution in [0.3, 0.4) is 0 Å². The number of rotatable bonds is 3. The smallest absolute Gasteiger partial charge is 0.184 e. The summed E-state index contributed by atoms with van der Waals surface area (Å²) in [6.45, 7) is 7.10. The quantitative estimate of drug-likeness (QED) is 0.651. The van der Waals surface area contributed by atoms with Gasteiger partial charge in [-0.3, -0.25) is 0 Å². The first-order valence-electron chi connectivity index (χ1n) is 3.74. The highest BCUT2D eigenvalue weighted by Gasteiger charge is 2.14. The van der Waals surface area contributed by atoms with Crippen LogP contribution in [0.1, 0.15) is 5.76 Å². The van der Waals surface area contributed by atoms with E-state index in [2.05, 4.69) is 19.6 Å². The molecule has 1 heterocycles. The Morgan fingerprint density at radius 2 is 2.18 bits per heavy atom. The fraction of sp³-hybridized carbons (Fsp3) is 0.500. The largest absolute Gasteiger partial charge is 0.467 e. The van der Waals surface area contributed by atoms with Crippen molar-refractivity contribution in [3.05, 3.63) is 24.2 Å². The van der Waals surface area contributed by atoms with E-state index in [1.807, 2.05) is 12.1 Å². The highest BCUT2D eigenvalue weighted by Crippen LogP contribution is 2.08. The highest BCUT2D eigenvalue weighted by atomic mass is 28.4. The van der Waals surface area contributed by atoms with Crippen LogP contribution >= 0.6 is 0 Å². The normalized spacial score (nSPS) is 11.9. The molecule has 0 unspecified atom stereocenters. The van der Waals surface area contributed by atoms with Gasteiger partial charge in [0.15, 0.2) is 8.32 Å². The zero-order valence-corrected chi connectivity index (χ0v) is 8.26. The molecule has 0 bridgehead atoms. The van der Waals surface area contributed by atoms with Gasteiger partial charge in [0.25, 0.3) is 0 Å². The molecule has 2 nitrogen and oxygen atoms in total. The number of furan rings is 1. The molecule has 0 amide bonds. The molecule has 3 heteroatoms. The molecule has 1 aromatic heterocycles. The summed E-state index contributed by atoms with van der Waals surface area (Å²) in [5, 5.41) is 0. The van der Waals surface area contributed by atoms with Crippen molar-refractivity contribution in [2.45, 2.75) is 26.2 Å². The molecule has 0 aliphatic carbocycles. The average molecular weight is 170 g/mol. The zero-order chi connectivity index (χ0) is 8.32. The van der Waals surface area contributed by atoms with Crippen molar-refractivity contribution < 1.29 is 8.84 Å². The van der Waals surface area contributed by atoms with E-state index in [0.717, 1.165) is 5.76 Å². The maximum absolute atomic E-state index is 5.62. The van der Waals surface area contributed by atoms with E-state index in [-0.39, 0.29) is 0 Å². The second-order valence-corrected chi connectivity index (χ2v) is 7.99. The minimum absolute atomic E-state index is 0.614. The third-order valence-electron chi connectivity index (χ3n) is 1.23. The van der Waals surface area contributed by atoms with E-state index in [1.165, 1.54) is 0 Å². The Bertz CT molecular complexity index is 198. The van der Waals surface area contributed by atoms with Crippen LogP contribution < -0.4 is 0 Å². The summed E-state index contributed by atoms with van der Waals surface area (Å²) < 4.78 is 10.7. The SMILES string of the molecule is C[Si](C)(C)OCc1ccco1. The van der Waals surface area contributed by atoms with Crippen LogP contribution in [0.2, 0.25) is 19.6 Å². The van der Waals surface area contributed by atoms with Crippen LogP contribution in [0.4, 0.5) is 0 Å². The molecule has 1 rings (SSSR count). The van der Waals surface area contributed by atoms with E-state index < -0.39 is 8.32 Å². The molecule has 0 saturated carbocycles. The van der Waals surface area contributed by atoms with Crippen LogP contribution in [0, 0.1) is 0 Å². The van der Waals surface area contributed by atoms with Gasteiger partial charge in [0.05, 0.1) is 12.9 Å². The summed E-state index contributed by atoms with van der Waals surface area (Å²) in [6.07, 6.45) is 1.67. The van der Waals surface area contributed by atoms with E-state index in [0.29, 0.717) is 6.61 Å². The van der Waals surface area contributed by atoms with Crippen LogP contribution in [0.25, 0.3) is 0 Å². The van der Waals surface area contributed by atoms with E-state index in [1.54, 1.807) is 6.26 Å². The van der Waals surface area contributed by atoms with Crippen LogP contribution in [-0.2, 0) is 11.0 Å². The predicted molar refractivity (Wildman–Crippen MR) is 46.8 cm³/mol. The standard InChI is InChI=1S/C8H14O2Si/c1-11(2,3)10-7-8-5-4-6-9-8/h4-6H,7H2,1-3H3. The molecular weight excluding hydrogens is 156 g/mol. The molecule has 0 radical (unpaired) electrons. The fourth-order valence-electron chi connectivity index (χ4n) is 0.682. The van der Waals surface area contributed by atoms with Crippen molar-refractivity contribution in [1.29, 1.82) is 0 Å². The van der Waals surface area contributed by atoms with Gasteiger partial charge >= 0.3 is 0 Å². The molecule has 0 aliphatic rings. The highest BCUT2D eigenvalue weighted by molar-refractivity contribution is 6.69. The minimum atomic E-state index is -1.37. The summed E-state index contributed by atoms with van der Waals surface area (Å²) in [7, 11) is -1.37. The second kappa shape index (κ2) is 3.24. The van der Waals surface area contributed by atoms with Gasteiger partial charge in [-0.25, -0.2) is 0 Å². The third-order valence-corrected chi connectivity index (χ3v) is 2.24. The monoisotopic (exact) mass is 170 g/mol. The van der Waals surface area contributed by atoms with Crippen molar-refractivity contribution in [2.75, 3.05) is 0 Å². The number of hydrogen-bond donors (Lipinski definition) is 0. The van der Waals surface area contributed by atoms with Crippen molar-refractivity contribution in [3.8, 4) is 0 Å². The van der Waals surface area contributed by atoms with Crippen LogP contribution in [0.5, 0.6) is 0 Å². The summed E-state index contributed by atoms with van der Waals surface area (Å²) in [6, 6.07) is 3.81. The molecule has 11 heavy (non-hydrogen) atoms. The van der Waals surface area contributed by atoms with Gasteiger partial charge in [0.1, 0.15) is 5.76 Å². The Morgan fingerprint density at radius 3 is 2.64 bits per heavy atom. The Hall–Kier alpha value is -0.543. The lowest BCUT2D eigenvalue weighted by atomic mass is 10.5. The van der Waals surface area contributed by atoms with Gasteiger partial charge in [-0.15, -0.1) is 0 Å². The molecule has 0 aromatic carbocycles.